The number of ether oxygens (including phenoxy) is 1. The second-order valence-electron chi connectivity index (χ2n) is 7.79. The first kappa shape index (κ1) is 21.7. The zero-order chi connectivity index (χ0) is 20.3. The Hall–Kier alpha value is -1.64. The number of pyridine rings is 1. The number of rotatable bonds is 8. The fourth-order valence-corrected chi connectivity index (χ4v) is 3.98. The first-order chi connectivity index (χ1) is 12.4. The Morgan fingerprint density at radius 2 is 2.00 bits per heavy atom. The quantitative estimate of drug-likeness (QED) is 0.706. The second-order valence-corrected chi connectivity index (χ2v) is 9.92. The predicted molar refractivity (Wildman–Crippen MR) is 104 cm³/mol. The Kier molecular flexibility index (Phi) is 6.55. The van der Waals surface area contributed by atoms with Gasteiger partial charge < -0.3 is 9.26 Å². The van der Waals surface area contributed by atoms with Crippen molar-refractivity contribution in [1.82, 2.24) is 14.9 Å². The van der Waals surface area contributed by atoms with E-state index in [4.69, 9.17) is 20.9 Å². The first-order valence-electron chi connectivity index (χ1n) is 8.65. The average molecular weight is 416 g/mol. The summed E-state index contributed by atoms with van der Waals surface area (Å²) in [4.78, 5) is 4.05. The van der Waals surface area contributed by atoms with Gasteiger partial charge in [-0.2, -0.15) is 0 Å². The third kappa shape index (κ3) is 6.19. The summed E-state index contributed by atoms with van der Waals surface area (Å²) >= 11 is 6.03. The summed E-state index contributed by atoms with van der Waals surface area (Å²) in [5, 5.41) is 4.25. The highest BCUT2D eigenvalue weighted by Gasteiger charge is 2.31. The van der Waals surface area contributed by atoms with E-state index in [9.17, 15) is 8.42 Å². The van der Waals surface area contributed by atoms with Crippen LogP contribution in [0, 0.1) is 0 Å². The molecule has 0 amide bonds. The van der Waals surface area contributed by atoms with Crippen LogP contribution in [0.25, 0.3) is 0 Å². The van der Waals surface area contributed by atoms with Crippen molar-refractivity contribution in [3.8, 4) is 5.88 Å². The molecule has 0 spiro atoms. The monoisotopic (exact) mass is 415 g/mol. The molecule has 7 nitrogen and oxygen atoms in total. The number of hydrogen-bond acceptors (Lipinski definition) is 6. The van der Waals surface area contributed by atoms with Crippen molar-refractivity contribution in [2.24, 2.45) is 0 Å². The number of aromatic nitrogens is 2. The van der Waals surface area contributed by atoms with Gasteiger partial charge in [-0.25, -0.2) is 18.1 Å². The Morgan fingerprint density at radius 1 is 1.30 bits per heavy atom. The van der Waals surface area contributed by atoms with Crippen molar-refractivity contribution in [1.29, 1.82) is 0 Å². The Bertz CT molecular complexity index is 877. The molecule has 2 aromatic heterocycles. The van der Waals surface area contributed by atoms with E-state index in [2.05, 4.69) is 14.9 Å². The number of nitrogens with zero attached hydrogens (tertiary/aromatic N) is 2. The van der Waals surface area contributed by atoms with Crippen LogP contribution in [0.5, 0.6) is 5.88 Å². The Labute approximate surface area is 165 Å². The molecule has 0 bridgehead atoms. The third-order valence-corrected chi connectivity index (χ3v) is 5.84. The van der Waals surface area contributed by atoms with E-state index >= 15 is 0 Å². The maximum atomic E-state index is 12.6. The molecular formula is C18H26ClN3O4S. The van der Waals surface area contributed by atoms with Crippen molar-refractivity contribution >= 4 is 21.6 Å². The average Bonchev–Trinajstić information content (AvgIpc) is 3.01. The highest BCUT2D eigenvalue weighted by molar-refractivity contribution is 7.88. The molecule has 0 aromatic carbocycles. The first-order valence-corrected chi connectivity index (χ1v) is 10.7. The Morgan fingerprint density at radius 3 is 2.56 bits per heavy atom. The van der Waals surface area contributed by atoms with Gasteiger partial charge in [0.2, 0.25) is 15.9 Å². The molecule has 9 heteroatoms. The molecule has 0 aliphatic heterocycles. The highest BCUT2D eigenvalue weighted by atomic mass is 35.5. The van der Waals surface area contributed by atoms with Gasteiger partial charge in [-0.15, -0.1) is 0 Å². The summed E-state index contributed by atoms with van der Waals surface area (Å²) in [5.41, 5.74) is -0.702. The molecule has 2 heterocycles. The molecule has 2 rings (SSSR count). The minimum atomic E-state index is -3.66. The van der Waals surface area contributed by atoms with E-state index in [1.807, 2.05) is 27.7 Å². The fraction of sp³-hybridized carbons (Fsp3) is 0.556. The molecule has 0 saturated carbocycles. The highest BCUT2D eigenvalue weighted by Crippen LogP contribution is 2.24. The molecule has 1 atom stereocenters. The molecule has 150 valence electrons. The van der Waals surface area contributed by atoms with Gasteiger partial charge in [0, 0.05) is 17.7 Å². The summed E-state index contributed by atoms with van der Waals surface area (Å²) < 4.78 is 38.8. The zero-order valence-electron chi connectivity index (χ0n) is 16.2. The molecule has 1 N–H and O–H groups in total. The van der Waals surface area contributed by atoms with Crippen LogP contribution < -0.4 is 9.46 Å². The van der Waals surface area contributed by atoms with E-state index in [1.165, 1.54) is 0 Å². The predicted octanol–water partition coefficient (Wildman–Crippen LogP) is 3.69. The molecule has 0 radical (unpaired) electrons. The van der Waals surface area contributed by atoms with E-state index in [0.717, 1.165) is 0 Å². The lowest BCUT2D eigenvalue weighted by molar-refractivity contribution is 0.204. The molecule has 2 aromatic rings. The van der Waals surface area contributed by atoms with Gasteiger partial charge in [-0.3, -0.25) is 0 Å². The molecule has 0 aliphatic carbocycles. The van der Waals surface area contributed by atoms with Crippen LogP contribution >= 0.6 is 11.6 Å². The maximum absolute atomic E-state index is 12.6. The lowest BCUT2D eigenvalue weighted by atomic mass is 9.93. The van der Waals surface area contributed by atoms with Gasteiger partial charge in [0.15, 0.2) is 0 Å². The van der Waals surface area contributed by atoms with Crippen molar-refractivity contribution in [3.63, 3.8) is 0 Å². The van der Waals surface area contributed by atoms with Gasteiger partial charge in [0.05, 0.1) is 5.54 Å². The second kappa shape index (κ2) is 8.16. The largest absolute Gasteiger partial charge is 0.475 e. The van der Waals surface area contributed by atoms with Crippen LogP contribution in [0.4, 0.5) is 0 Å². The van der Waals surface area contributed by atoms with Crippen LogP contribution in [0.15, 0.2) is 28.9 Å². The van der Waals surface area contributed by atoms with Crippen molar-refractivity contribution in [3.05, 3.63) is 40.9 Å². The molecule has 0 saturated heterocycles. The topological polar surface area (TPSA) is 94.3 Å². The maximum Gasteiger partial charge on any atom is 0.232 e. The van der Waals surface area contributed by atoms with Crippen molar-refractivity contribution in [2.45, 2.75) is 57.7 Å². The van der Waals surface area contributed by atoms with Crippen LogP contribution in [-0.2, 0) is 21.2 Å². The molecule has 27 heavy (non-hydrogen) atoms. The number of nitrogens with one attached hydrogen (secondary N) is 1. The van der Waals surface area contributed by atoms with Crippen molar-refractivity contribution < 1.29 is 17.7 Å². The smallest absolute Gasteiger partial charge is 0.232 e. The van der Waals surface area contributed by atoms with Gasteiger partial charge in [0.25, 0.3) is 0 Å². The summed E-state index contributed by atoms with van der Waals surface area (Å²) in [6, 6.07) is 5.03. The van der Waals surface area contributed by atoms with E-state index in [1.54, 1.807) is 31.3 Å². The van der Waals surface area contributed by atoms with Crippen molar-refractivity contribution in [2.75, 3.05) is 6.61 Å². The minimum absolute atomic E-state index is 0.0888. The van der Waals surface area contributed by atoms with Crippen LogP contribution in [-0.4, -0.2) is 30.7 Å². The van der Waals surface area contributed by atoms with E-state index in [0.29, 0.717) is 22.9 Å². The van der Waals surface area contributed by atoms with Crippen LogP contribution in [0.1, 0.15) is 52.5 Å². The number of hydrogen-bond donors (Lipinski definition) is 1. The van der Waals surface area contributed by atoms with Crippen LogP contribution in [0.2, 0.25) is 5.02 Å². The minimum Gasteiger partial charge on any atom is -0.475 e. The summed E-state index contributed by atoms with van der Waals surface area (Å²) in [6.45, 7) is 9.64. The van der Waals surface area contributed by atoms with Gasteiger partial charge in [0.1, 0.15) is 28.8 Å². The summed E-state index contributed by atoms with van der Waals surface area (Å²) in [5.74, 6) is 0.635. The van der Waals surface area contributed by atoms with E-state index < -0.39 is 15.6 Å². The zero-order valence-corrected chi connectivity index (χ0v) is 17.8. The standard InChI is InChI=1S/C18H26ClN3O4S/c1-6-18(5,12-25-16-14(19)8-7-9-20-16)22-27(23,24)11-13-10-15(26-21-13)17(2,3)4/h7-10,22H,6,11-12H2,1-5H3. The fourth-order valence-electron chi connectivity index (χ4n) is 2.25. The normalized spacial score (nSPS) is 14.7. The van der Waals surface area contributed by atoms with Crippen LogP contribution in [0.3, 0.4) is 0 Å². The molecule has 1 unspecified atom stereocenters. The van der Waals surface area contributed by atoms with Gasteiger partial charge in [-0.05, 0) is 25.5 Å². The lowest BCUT2D eigenvalue weighted by Gasteiger charge is -2.28. The SMILES string of the molecule is CCC(C)(COc1ncccc1Cl)NS(=O)(=O)Cc1cc(C(C)(C)C)on1. The van der Waals surface area contributed by atoms with Gasteiger partial charge >= 0.3 is 0 Å². The number of halogens is 1. The molecule has 0 fully saturated rings. The molecular weight excluding hydrogens is 390 g/mol. The lowest BCUT2D eigenvalue weighted by Crippen LogP contribution is -2.50. The molecule has 0 aliphatic rings. The van der Waals surface area contributed by atoms with Gasteiger partial charge in [-0.1, -0.05) is 44.5 Å². The third-order valence-electron chi connectivity index (χ3n) is 4.07. The summed E-state index contributed by atoms with van der Waals surface area (Å²) in [7, 11) is -3.66. The Balaban J connectivity index is 2.06. The van der Waals surface area contributed by atoms with E-state index in [-0.39, 0.29) is 23.7 Å². The summed E-state index contributed by atoms with van der Waals surface area (Å²) in [6.07, 6.45) is 2.08. The number of sulfonamides is 1.